The summed E-state index contributed by atoms with van der Waals surface area (Å²) in [6, 6.07) is 10.0. The number of aromatic amines is 1. The number of halogens is 1. The number of hydrogen-bond donors (Lipinski definition) is 2. The summed E-state index contributed by atoms with van der Waals surface area (Å²) in [4.78, 5) is 3.17. The van der Waals surface area contributed by atoms with Crippen LogP contribution in [0.4, 0.5) is 4.39 Å². The third-order valence-corrected chi connectivity index (χ3v) is 2.84. The zero-order valence-corrected chi connectivity index (χ0v) is 10.1. The first-order chi connectivity index (χ1) is 8.79. The molecule has 1 aromatic carbocycles. The maximum Gasteiger partial charge on any atom is 0.123 e. The highest BCUT2D eigenvalue weighted by molar-refractivity contribution is 5.22. The molecule has 0 saturated carbocycles. The van der Waals surface area contributed by atoms with Gasteiger partial charge in [-0.15, -0.1) is 0 Å². The van der Waals surface area contributed by atoms with E-state index in [2.05, 4.69) is 4.98 Å². The van der Waals surface area contributed by atoms with Gasteiger partial charge in [0.25, 0.3) is 0 Å². The molecule has 0 radical (unpaired) electrons. The van der Waals surface area contributed by atoms with Crippen LogP contribution >= 0.6 is 0 Å². The molecule has 3 N–H and O–H groups in total. The summed E-state index contributed by atoms with van der Waals surface area (Å²) in [5.74, 6) is 0.644. The summed E-state index contributed by atoms with van der Waals surface area (Å²) in [5, 5.41) is 0. The van der Waals surface area contributed by atoms with Gasteiger partial charge in [-0.05, 0) is 49.4 Å². The third-order valence-electron chi connectivity index (χ3n) is 2.84. The van der Waals surface area contributed by atoms with Gasteiger partial charge in [0, 0.05) is 17.8 Å². The molecule has 1 unspecified atom stereocenters. The van der Waals surface area contributed by atoms with Gasteiger partial charge >= 0.3 is 0 Å². The molecule has 4 heteroatoms. The van der Waals surface area contributed by atoms with Crippen molar-refractivity contribution in [2.45, 2.75) is 12.3 Å². The Morgan fingerprint density at radius 1 is 1.22 bits per heavy atom. The van der Waals surface area contributed by atoms with E-state index in [4.69, 9.17) is 10.5 Å². The van der Waals surface area contributed by atoms with E-state index in [1.807, 2.05) is 18.3 Å². The lowest BCUT2D eigenvalue weighted by molar-refractivity contribution is 0.280. The van der Waals surface area contributed by atoms with Crippen molar-refractivity contribution in [2.75, 3.05) is 13.2 Å². The van der Waals surface area contributed by atoms with Gasteiger partial charge in [0.1, 0.15) is 11.6 Å². The Balaban J connectivity index is 1.95. The molecule has 3 nitrogen and oxygen atoms in total. The van der Waals surface area contributed by atoms with Crippen LogP contribution in [0.3, 0.4) is 0 Å². The average Bonchev–Trinajstić information content (AvgIpc) is 2.90. The summed E-state index contributed by atoms with van der Waals surface area (Å²) in [6.45, 7) is 1.14. The van der Waals surface area contributed by atoms with Crippen LogP contribution in [0.5, 0.6) is 5.75 Å². The second-order valence-corrected chi connectivity index (χ2v) is 4.16. The lowest BCUT2D eigenvalue weighted by Crippen LogP contribution is -2.15. The van der Waals surface area contributed by atoms with Crippen LogP contribution < -0.4 is 10.5 Å². The molecule has 18 heavy (non-hydrogen) atoms. The van der Waals surface area contributed by atoms with Crippen LogP contribution in [0.15, 0.2) is 42.6 Å². The maximum absolute atomic E-state index is 12.8. The van der Waals surface area contributed by atoms with Crippen LogP contribution in [0.1, 0.15) is 18.0 Å². The van der Waals surface area contributed by atoms with Gasteiger partial charge in [-0.25, -0.2) is 4.39 Å². The SMILES string of the molecule is NCCC(COc1ccc(F)cc1)c1ccc[nH]1. The first kappa shape index (κ1) is 12.6. The maximum atomic E-state index is 12.8. The minimum Gasteiger partial charge on any atom is -0.493 e. The molecule has 0 fully saturated rings. The highest BCUT2D eigenvalue weighted by Crippen LogP contribution is 2.20. The molecule has 0 bridgehead atoms. The van der Waals surface area contributed by atoms with Gasteiger partial charge in [0.15, 0.2) is 0 Å². The van der Waals surface area contributed by atoms with E-state index in [9.17, 15) is 4.39 Å². The molecular formula is C14H17FN2O. The number of hydrogen-bond acceptors (Lipinski definition) is 2. The molecule has 2 rings (SSSR count). The number of rotatable bonds is 6. The molecule has 1 heterocycles. The normalized spacial score (nSPS) is 12.3. The van der Waals surface area contributed by atoms with Crippen LogP contribution in [0, 0.1) is 5.82 Å². The fourth-order valence-electron chi connectivity index (χ4n) is 1.86. The molecule has 0 amide bonds. The molecule has 0 spiro atoms. The summed E-state index contributed by atoms with van der Waals surface area (Å²) in [5.41, 5.74) is 6.72. The van der Waals surface area contributed by atoms with E-state index in [0.717, 1.165) is 12.1 Å². The number of ether oxygens (including phenoxy) is 1. The van der Waals surface area contributed by atoms with Gasteiger partial charge < -0.3 is 15.5 Å². The zero-order chi connectivity index (χ0) is 12.8. The molecule has 1 aromatic heterocycles. The van der Waals surface area contributed by atoms with Crippen LogP contribution in [-0.2, 0) is 0 Å². The molecule has 1 atom stereocenters. The fraction of sp³-hybridized carbons (Fsp3) is 0.286. The molecule has 2 aromatic rings. The van der Waals surface area contributed by atoms with E-state index in [1.54, 1.807) is 12.1 Å². The Labute approximate surface area is 106 Å². The lowest BCUT2D eigenvalue weighted by atomic mass is 10.0. The number of benzene rings is 1. The van der Waals surface area contributed by atoms with Crippen molar-refractivity contribution < 1.29 is 9.13 Å². The number of nitrogens with one attached hydrogen (secondary N) is 1. The smallest absolute Gasteiger partial charge is 0.123 e. The van der Waals surface area contributed by atoms with Crippen molar-refractivity contribution in [3.63, 3.8) is 0 Å². The third kappa shape index (κ3) is 3.34. The average molecular weight is 248 g/mol. The van der Waals surface area contributed by atoms with Crippen molar-refractivity contribution >= 4 is 0 Å². The second-order valence-electron chi connectivity index (χ2n) is 4.16. The first-order valence-electron chi connectivity index (χ1n) is 6.01. The van der Waals surface area contributed by atoms with E-state index < -0.39 is 0 Å². The standard InChI is InChI=1S/C14H17FN2O/c15-12-3-5-13(6-4-12)18-10-11(7-8-16)14-2-1-9-17-14/h1-6,9,11,17H,7-8,10,16H2. The molecule has 0 aliphatic heterocycles. The first-order valence-corrected chi connectivity index (χ1v) is 6.01. The Hall–Kier alpha value is -1.81. The fourth-order valence-corrected chi connectivity index (χ4v) is 1.86. The van der Waals surface area contributed by atoms with Crippen molar-refractivity contribution in [3.05, 3.63) is 54.1 Å². The summed E-state index contributed by atoms with van der Waals surface area (Å²) in [7, 11) is 0. The van der Waals surface area contributed by atoms with Crippen LogP contribution in [-0.4, -0.2) is 18.1 Å². The molecule has 96 valence electrons. The predicted octanol–water partition coefficient (Wildman–Crippen LogP) is 2.67. The topological polar surface area (TPSA) is 51.0 Å². The quantitative estimate of drug-likeness (QED) is 0.825. The highest BCUT2D eigenvalue weighted by atomic mass is 19.1. The predicted molar refractivity (Wildman–Crippen MR) is 69.1 cm³/mol. The van der Waals surface area contributed by atoms with Crippen LogP contribution in [0.25, 0.3) is 0 Å². The van der Waals surface area contributed by atoms with Crippen molar-refractivity contribution in [1.29, 1.82) is 0 Å². The van der Waals surface area contributed by atoms with E-state index >= 15 is 0 Å². The molecule has 0 aliphatic rings. The van der Waals surface area contributed by atoms with Gasteiger partial charge in [-0.1, -0.05) is 0 Å². The van der Waals surface area contributed by atoms with E-state index in [-0.39, 0.29) is 11.7 Å². The van der Waals surface area contributed by atoms with E-state index in [1.165, 1.54) is 12.1 Å². The molecule has 0 saturated heterocycles. The minimum absolute atomic E-state index is 0.232. The van der Waals surface area contributed by atoms with Crippen molar-refractivity contribution in [1.82, 2.24) is 4.98 Å². The summed E-state index contributed by atoms with van der Waals surface area (Å²) >= 11 is 0. The van der Waals surface area contributed by atoms with Crippen LogP contribution in [0.2, 0.25) is 0 Å². The zero-order valence-electron chi connectivity index (χ0n) is 10.1. The Bertz CT molecular complexity index is 453. The van der Waals surface area contributed by atoms with Crippen molar-refractivity contribution in [2.24, 2.45) is 5.73 Å². The molecular weight excluding hydrogens is 231 g/mol. The molecule has 0 aliphatic carbocycles. The van der Waals surface area contributed by atoms with E-state index in [0.29, 0.717) is 18.9 Å². The Morgan fingerprint density at radius 2 is 2.00 bits per heavy atom. The number of H-pyrrole nitrogens is 1. The van der Waals surface area contributed by atoms with Crippen molar-refractivity contribution in [3.8, 4) is 5.75 Å². The number of nitrogens with two attached hydrogens (primary N) is 1. The number of aromatic nitrogens is 1. The van der Waals surface area contributed by atoms with Gasteiger partial charge in [0.05, 0.1) is 6.61 Å². The lowest BCUT2D eigenvalue weighted by Gasteiger charge is -2.15. The Kier molecular flexibility index (Phi) is 4.36. The minimum atomic E-state index is -0.259. The Morgan fingerprint density at radius 3 is 2.61 bits per heavy atom. The summed E-state index contributed by atoms with van der Waals surface area (Å²) in [6.07, 6.45) is 2.73. The van der Waals surface area contributed by atoms with Gasteiger partial charge in [0.2, 0.25) is 0 Å². The summed E-state index contributed by atoms with van der Waals surface area (Å²) < 4.78 is 18.4. The largest absolute Gasteiger partial charge is 0.493 e. The van der Waals surface area contributed by atoms with Gasteiger partial charge in [-0.2, -0.15) is 0 Å². The van der Waals surface area contributed by atoms with Gasteiger partial charge in [-0.3, -0.25) is 0 Å². The highest BCUT2D eigenvalue weighted by Gasteiger charge is 2.12. The second kappa shape index (κ2) is 6.21. The monoisotopic (exact) mass is 248 g/mol.